The van der Waals surface area contributed by atoms with Crippen LogP contribution >= 0.6 is 0 Å². The second kappa shape index (κ2) is 6.36. The van der Waals surface area contributed by atoms with Gasteiger partial charge in [-0.3, -0.25) is 4.90 Å². The molecule has 0 amide bonds. The zero-order valence-corrected chi connectivity index (χ0v) is 12.4. The minimum Gasteiger partial charge on any atom is -0.378 e. The molecule has 1 N–H and O–H groups in total. The number of ether oxygens (including phenoxy) is 1. The quantitative estimate of drug-likeness (QED) is 0.834. The Balaban J connectivity index is 1.74. The summed E-state index contributed by atoms with van der Waals surface area (Å²) in [7, 11) is 0. The lowest BCUT2D eigenvalue weighted by atomic mass is 10.0. The fourth-order valence-electron chi connectivity index (χ4n) is 3.21. The topological polar surface area (TPSA) is 24.5 Å². The Labute approximate surface area is 112 Å². The first-order valence-electron chi connectivity index (χ1n) is 7.67. The van der Waals surface area contributed by atoms with Crippen molar-refractivity contribution < 1.29 is 4.74 Å². The molecule has 2 atom stereocenters. The molecule has 0 aliphatic carbocycles. The van der Waals surface area contributed by atoms with Crippen molar-refractivity contribution >= 4 is 0 Å². The molecule has 2 rings (SSSR count). The van der Waals surface area contributed by atoms with Gasteiger partial charge in [0.05, 0.1) is 6.10 Å². The van der Waals surface area contributed by atoms with Gasteiger partial charge in [0.2, 0.25) is 0 Å². The van der Waals surface area contributed by atoms with Crippen LogP contribution in [0.5, 0.6) is 0 Å². The van der Waals surface area contributed by atoms with Crippen molar-refractivity contribution in [3.63, 3.8) is 0 Å². The van der Waals surface area contributed by atoms with Crippen LogP contribution in [0.3, 0.4) is 0 Å². The molecule has 18 heavy (non-hydrogen) atoms. The average molecular weight is 254 g/mol. The van der Waals surface area contributed by atoms with Gasteiger partial charge in [0, 0.05) is 24.7 Å². The van der Waals surface area contributed by atoms with E-state index in [1.807, 2.05) is 0 Å². The highest BCUT2D eigenvalue weighted by molar-refractivity contribution is 4.87. The summed E-state index contributed by atoms with van der Waals surface area (Å²) in [5.41, 5.74) is 0.259. The molecule has 0 aromatic carbocycles. The summed E-state index contributed by atoms with van der Waals surface area (Å²) in [6, 6.07) is 0.712. The highest BCUT2D eigenvalue weighted by Gasteiger charge is 2.27. The van der Waals surface area contributed by atoms with Crippen LogP contribution in [-0.2, 0) is 4.74 Å². The predicted octanol–water partition coefficient (Wildman–Crippen LogP) is 2.41. The van der Waals surface area contributed by atoms with Crippen molar-refractivity contribution in [2.75, 3.05) is 26.2 Å². The van der Waals surface area contributed by atoms with Crippen LogP contribution in [0.1, 0.15) is 52.9 Å². The molecule has 2 aliphatic rings. The molecule has 2 unspecified atom stereocenters. The van der Waals surface area contributed by atoms with E-state index in [4.69, 9.17) is 4.74 Å². The second-order valence-corrected chi connectivity index (χ2v) is 6.70. The Bertz CT molecular complexity index is 249. The highest BCUT2D eigenvalue weighted by atomic mass is 16.5. The second-order valence-electron chi connectivity index (χ2n) is 6.70. The molecule has 0 aromatic rings. The van der Waals surface area contributed by atoms with Crippen LogP contribution in [-0.4, -0.2) is 48.8 Å². The summed E-state index contributed by atoms with van der Waals surface area (Å²) in [4.78, 5) is 2.66. The average Bonchev–Trinajstić information content (AvgIpc) is 2.75. The van der Waals surface area contributed by atoms with Crippen molar-refractivity contribution in [1.29, 1.82) is 0 Å². The molecule has 0 aromatic heterocycles. The van der Waals surface area contributed by atoms with E-state index < -0.39 is 0 Å². The van der Waals surface area contributed by atoms with Crippen LogP contribution in [0.25, 0.3) is 0 Å². The SMILES string of the molecule is CC1CCNC(C)(C)CN1CCCC1CCCO1. The number of hydrogen-bond acceptors (Lipinski definition) is 3. The molecule has 0 spiro atoms. The van der Waals surface area contributed by atoms with E-state index in [1.165, 1.54) is 45.2 Å². The van der Waals surface area contributed by atoms with Gasteiger partial charge in [-0.05, 0) is 66.0 Å². The fourth-order valence-corrected chi connectivity index (χ4v) is 3.21. The van der Waals surface area contributed by atoms with Gasteiger partial charge in [0.1, 0.15) is 0 Å². The Hall–Kier alpha value is -0.120. The van der Waals surface area contributed by atoms with Gasteiger partial charge < -0.3 is 10.1 Å². The Morgan fingerprint density at radius 1 is 1.33 bits per heavy atom. The summed E-state index contributed by atoms with van der Waals surface area (Å²) >= 11 is 0. The molecular formula is C15H30N2O. The smallest absolute Gasteiger partial charge is 0.0576 e. The first-order valence-corrected chi connectivity index (χ1v) is 7.67. The molecular weight excluding hydrogens is 224 g/mol. The predicted molar refractivity (Wildman–Crippen MR) is 75.9 cm³/mol. The van der Waals surface area contributed by atoms with E-state index in [0.717, 1.165) is 13.2 Å². The van der Waals surface area contributed by atoms with Gasteiger partial charge in [-0.15, -0.1) is 0 Å². The van der Waals surface area contributed by atoms with Crippen molar-refractivity contribution in [2.45, 2.75) is 70.6 Å². The lowest BCUT2D eigenvalue weighted by molar-refractivity contribution is 0.0949. The lowest BCUT2D eigenvalue weighted by Crippen LogP contribution is -2.47. The van der Waals surface area contributed by atoms with Gasteiger partial charge in [0.25, 0.3) is 0 Å². The van der Waals surface area contributed by atoms with Gasteiger partial charge in [-0.2, -0.15) is 0 Å². The number of hydrogen-bond donors (Lipinski definition) is 1. The summed E-state index contributed by atoms with van der Waals surface area (Å²) in [5.74, 6) is 0. The summed E-state index contributed by atoms with van der Waals surface area (Å²) < 4.78 is 5.70. The maximum Gasteiger partial charge on any atom is 0.0576 e. The molecule has 2 fully saturated rings. The van der Waals surface area contributed by atoms with Gasteiger partial charge in [-0.25, -0.2) is 0 Å². The molecule has 0 saturated carbocycles. The molecule has 3 nitrogen and oxygen atoms in total. The van der Waals surface area contributed by atoms with Gasteiger partial charge >= 0.3 is 0 Å². The molecule has 0 bridgehead atoms. The minimum absolute atomic E-state index is 0.259. The van der Waals surface area contributed by atoms with E-state index >= 15 is 0 Å². The maximum absolute atomic E-state index is 5.70. The Morgan fingerprint density at radius 3 is 2.89 bits per heavy atom. The van der Waals surface area contributed by atoms with Gasteiger partial charge in [0.15, 0.2) is 0 Å². The van der Waals surface area contributed by atoms with E-state index in [1.54, 1.807) is 0 Å². The Morgan fingerprint density at radius 2 is 2.17 bits per heavy atom. The van der Waals surface area contributed by atoms with Crippen LogP contribution < -0.4 is 5.32 Å². The zero-order chi connectivity index (χ0) is 13.0. The van der Waals surface area contributed by atoms with Crippen molar-refractivity contribution in [3.8, 4) is 0 Å². The van der Waals surface area contributed by atoms with Crippen LogP contribution in [0.2, 0.25) is 0 Å². The third-order valence-electron chi connectivity index (χ3n) is 4.38. The fraction of sp³-hybridized carbons (Fsp3) is 1.00. The summed E-state index contributed by atoms with van der Waals surface area (Å²) in [6.07, 6.45) is 6.90. The minimum atomic E-state index is 0.259. The molecule has 2 saturated heterocycles. The third-order valence-corrected chi connectivity index (χ3v) is 4.38. The van der Waals surface area contributed by atoms with Crippen LogP contribution in [0, 0.1) is 0 Å². The number of nitrogens with zero attached hydrogens (tertiary/aromatic N) is 1. The molecule has 0 radical (unpaired) electrons. The first-order chi connectivity index (χ1) is 8.57. The third kappa shape index (κ3) is 4.22. The van der Waals surface area contributed by atoms with Crippen molar-refractivity contribution in [1.82, 2.24) is 10.2 Å². The molecule has 3 heteroatoms. The highest BCUT2D eigenvalue weighted by Crippen LogP contribution is 2.19. The molecule has 106 valence electrons. The Kier molecular flexibility index (Phi) is 5.05. The standard InChI is InChI=1S/C15H30N2O/c1-13-8-9-16-15(2,3)12-17(13)10-4-6-14-7-5-11-18-14/h13-14,16H,4-12H2,1-3H3. The van der Waals surface area contributed by atoms with Gasteiger partial charge in [-0.1, -0.05) is 0 Å². The number of rotatable bonds is 4. The largest absolute Gasteiger partial charge is 0.378 e. The number of nitrogens with one attached hydrogen (secondary N) is 1. The van der Waals surface area contributed by atoms with E-state index in [0.29, 0.717) is 12.1 Å². The van der Waals surface area contributed by atoms with E-state index in [-0.39, 0.29) is 5.54 Å². The lowest BCUT2D eigenvalue weighted by Gasteiger charge is -2.33. The first kappa shape index (κ1) is 14.3. The maximum atomic E-state index is 5.70. The van der Waals surface area contributed by atoms with Crippen LogP contribution in [0.15, 0.2) is 0 Å². The van der Waals surface area contributed by atoms with Crippen LogP contribution in [0.4, 0.5) is 0 Å². The van der Waals surface area contributed by atoms with Crippen molar-refractivity contribution in [3.05, 3.63) is 0 Å². The van der Waals surface area contributed by atoms with E-state index in [2.05, 4.69) is 31.0 Å². The normalized spacial score (nSPS) is 33.5. The molecule has 2 heterocycles. The van der Waals surface area contributed by atoms with E-state index in [9.17, 15) is 0 Å². The van der Waals surface area contributed by atoms with Crippen molar-refractivity contribution in [2.24, 2.45) is 0 Å². The molecule has 2 aliphatic heterocycles. The zero-order valence-electron chi connectivity index (χ0n) is 12.4. The summed E-state index contributed by atoms with van der Waals surface area (Å²) in [6.45, 7) is 11.5. The summed E-state index contributed by atoms with van der Waals surface area (Å²) in [5, 5.41) is 3.65. The monoisotopic (exact) mass is 254 g/mol.